The van der Waals surface area contributed by atoms with E-state index in [2.05, 4.69) is 17.2 Å². The molecule has 0 saturated carbocycles. The fourth-order valence-corrected chi connectivity index (χ4v) is 4.44. The number of nitro benzene ring substituents is 1. The summed E-state index contributed by atoms with van der Waals surface area (Å²) in [6, 6.07) is 18.1. The lowest BCUT2D eigenvalue weighted by Gasteiger charge is -2.17. The quantitative estimate of drug-likeness (QED) is 0.273. The topological polar surface area (TPSA) is 102 Å². The first-order valence-corrected chi connectivity index (χ1v) is 11.8. The Hall–Kier alpha value is -4.20. The highest BCUT2D eigenvalue weighted by molar-refractivity contribution is 6.05. The Morgan fingerprint density at radius 2 is 1.80 bits per heavy atom. The van der Waals surface area contributed by atoms with Crippen LogP contribution in [0.1, 0.15) is 47.1 Å². The molecule has 0 radical (unpaired) electrons. The van der Waals surface area contributed by atoms with Gasteiger partial charge in [0.05, 0.1) is 4.92 Å². The zero-order chi connectivity index (χ0) is 24.4. The highest BCUT2D eigenvalue weighted by Crippen LogP contribution is 2.32. The van der Waals surface area contributed by atoms with E-state index in [1.807, 2.05) is 35.2 Å². The summed E-state index contributed by atoms with van der Waals surface area (Å²) >= 11 is 0. The highest BCUT2D eigenvalue weighted by atomic mass is 16.6. The molecule has 0 unspecified atom stereocenters. The number of hydrogen-bond donors (Lipinski definition) is 1. The first-order valence-electron chi connectivity index (χ1n) is 11.8. The molecular formula is C27H26N4O4. The van der Waals surface area contributed by atoms with E-state index in [1.54, 1.807) is 24.3 Å². The van der Waals surface area contributed by atoms with Crippen molar-refractivity contribution >= 4 is 34.1 Å². The van der Waals surface area contributed by atoms with Crippen LogP contribution >= 0.6 is 0 Å². The Morgan fingerprint density at radius 3 is 2.51 bits per heavy atom. The molecule has 1 N–H and O–H groups in total. The Labute approximate surface area is 202 Å². The summed E-state index contributed by atoms with van der Waals surface area (Å²) < 4.78 is 5.86. The molecule has 178 valence electrons. The maximum atomic E-state index is 12.8. The summed E-state index contributed by atoms with van der Waals surface area (Å²) in [6.45, 7) is 3.69. The van der Waals surface area contributed by atoms with Crippen molar-refractivity contribution in [3.8, 4) is 0 Å². The average molecular weight is 471 g/mol. The molecule has 0 bridgehead atoms. The van der Waals surface area contributed by atoms with Gasteiger partial charge in [-0.2, -0.15) is 0 Å². The number of fused-ring (bicyclic) bond motifs is 1. The van der Waals surface area contributed by atoms with Crippen LogP contribution < -0.4 is 10.2 Å². The van der Waals surface area contributed by atoms with Crippen molar-refractivity contribution in [2.75, 3.05) is 23.3 Å². The van der Waals surface area contributed by atoms with E-state index in [0.29, 0.717) is 23.7 Å². The van der Waals surface area contributed by atoms with Crippen LogP contribution in [0.2, 0.25) is 0 Å². The van der Waals surface area contributed by atoms with Gasteiger partial charge in [0, 0.05) is 36.8 Å². The molecule has 0 aliphatic carbocycles. The fraction of sp³-hybridized carbons (Fsp3) is 0.259. The van der Waals surface area contributed by atoms with Crippen molar-refractivity contribution in [2.24, 2.45) is 0 Å². The molecule has 3 aromatic carbocycles. The van der Waals surface area contributed by atoms with Crippen LogP contribution in [-0.2, 0) is 12.8 Å². The van der Waals surface area contributed by atoms with Gasteiger partial charge in [-0.05, 0) is 66.8 Å². The van der Waals surface area contributed by atoms with Crippen LogP contribution in [0.5, 0.6) is 0 Å². The lowest BCUT2D eigenvalue weighted by Crippen LogP contribution is -2.19. The maximum Gasteiger partial charge on any atom is 0.293 e. The number of nitro groups is 1. The van der Waals surface area contributed by atoms with Gasteiger partial charge < -0.3 is 14.6 Å². The lowest BCUT2D eigenvalue weighted by atomic mass is 10.1. The SMILES string of the molecule is CCc1ccc2oc(Cc3ccc(NC(=O)c4ccc(N5CCCC5)c([N+](=O)[O-])c4)cc3)nc2c1. The van der Waals surface area contributed by atoms with Crippen molar-refractivity contribution in [3.05, 3.63) is 93.4 Å². The van der Waals surface area contributed by atoms with Gasteiger partial charge in [-0.15, -0.1) is 0 Å². The number of aryl methyl sites for hydroxylation is 1. The smallest absolute Gasteiger partial charge is 0.293 e. The average Bonchev–Trinajstić information content (AvgIpc) is 3.54. The Morgan fingerprint density at radius 1 is 1.06 bits per heavy atom. The van der Waals surface area contributed by atoms with Crippen molar-refractivity contribution in [3.63, 3.8) is 0 Å². The zero-order valence-electron chi connectivity index (χ0n) is 19.5. The van der Waals surface area contributed by atoms with E-state index >= 15 is 0 Å². The molecule has 1 aliphatic rings. The third kappa shape index (κ3) is 4.87. The molecular weight excluding hydrogens is 444 g/mol. The van der Waals surface area contributed by atoms with E-state index < -0.39 is 4.92 Å². The van der Waals surface area contributed by atoms with Gasteiger partial charge in [-0.1, -0.05) is 25.1 Å². The maximum absolute atomic E-state index is 12.8. The number of benzene rings is 3. The van der Waals surface area contributed by atoms with Crippen LogP contribution in [0.3, 0.4) is 0 Å². The zero-order valence-corrected chi connectivity index (χ0v) is 19.5. The molecule has 8 heteroatoms. The molecule has 1 fully saturated rings. The number of hydrogen-bond acceptors (Lipinski definition) is 6. The summed E-state index contributed by atoms with van der Waals surface area (Å²) in [7, 11) is 0. The number of carbonyl (C=O) groups excluding carboxylic acids is 1. The van der Waals surface area contributed by atoms with Gasteiger partial charge in [-0.3, -0.25) is 14.9 Å². The normalized spacial score (nSPS) is 13.3. The third-order valence-corrected chi connectivity index (χ3v) is 6.35. The summed E-state index contributed by atoms with van der Waals surface area (Å²) in [5, 5.41) is 14.4. The summed E-state index contributed by atoms with van der Waals surface area (Å²) in [4.78, 5) is 30.6. The van der Waals surface area contributed by atoms with Crippen LogP contribution in [0.25, 0.3) is 11.1 Å². The van der Waals surface area contributed by atoms with Gasteiger partial charge in [0.1, 0.15) is 11.2 Å². The van der Waals surface area contributed by atoms with E-state index in [1.165, 1.54) is 11.6 Å². The number of oxazole rings is 1. The molecule has 0 atom stereocenters. The van der Waals surface area contributed by atoms with E-state index in [0.717, 1.165) is 49.0 Å². The molecule has 35 heavy (non-hydrogen) atoms. The second-order valence-corrected chi connectivity index (χ2v) is 8.75. The van der Waals surface area contributed by atoms with Crippen molar-refractivity contribution in [2.45, 2.75) is 32.6 Å². The number of rotatable bonds is 7. The van der Waals surface area contributed by atoms with Gasteiger partial charge in [0.25, 0.3) is 11.6 Å². The number of carbonyl (C=O) groups is 1. The number of nitrogens with one attached hydrogen (secondary N) is 1. The summed E-state index contributed by atoms with van der Waals surface area (Å²) in [6.07, 6.45) is 3.51. The molecule has 1 aliphatic heterocycles. The van der Waals surface area contributed by atoms with Crippen LogP contribution in [0.4, 0.5) is 17.1 Å². The fourth-order valence-electron chi connectivity index (χ4n) is 4.44. The Kier molecular flexibility index (Phi) is 6.18. The van der Waals surface area contributed by atoms with E-state index in [4.69, 9.17) is 4.42 Å². The molecule has 1 aromatic heterocycles. The minimum Gasteiger partial charge on any atom is -0.440 e. The van der Waals surface area contributed by atoms with Crippen LogP contribution in [0, 0.1) is 10.1 Å². The molecule has 1 saturated heterocycles. The second-order valence-electron chi connectivity index (χ2n) is 8.75. The van der Waals surface area contributed by atoms with Crippen molar-refractivity contribution in [1.82, 2.24) is 4.98 Å². The number of aromatic nitrogens is 1. The Balaban J connectivity index is 1.27. The van der Waals surface area contributed by atoms with Gasteiger partial charge >= 0.3 is 0 Å². The third-order valence-electron chi connectivity index (χ3n) is 6.35. The molecule has 8 nitrogen and oxygen atoms in total. The number of anilines is 2. The predicted octanol–water partition coefficient (Wildman–Crippen LogP) is 5.74. The first kappa shape index (κ1) is 22.6. The largest absolute Gasteiger partial charge is 0.440 e. The number of nitrogens with zero attached hydrogens (tertiary/aromatic N) is 3. The van der Waals surface area contributed by atoms with E-state index in [-0.39, 0.29) is 17.2 Å². The predicted molar refractivity (Wildman–Crippen MR) is 135 cm³/mol. The van der Waals surface area contributed by atoms with Gasteiger partial charge in [0.15, 0.2) is 11.5 Å². The van der Waals surface area contributed by atoms with Crippen LogP contribution in [-0.4, -0.2) is 28.9 Å². The molecule has 4 aromatic rings. The monoisotopic (exact) mass is 470 g/mol. The van der Waals surface area contributed by atoms with Gasteiger partial charge in [0.2, 0.25) is 0 Å². The molecule has 1 amide bonds. The second kappa shape index (κ2) is 9.58. The lowest BCUT2D eigenvalue weighted by molar-refractivity contribution is -0.384. The number of amides is 1. The molecule has 2 heterocycles. The minimum atomic E-state index is -0.422. The van der Waals surface area contributed by atoms with Gasteiger partial charge in [-0.25, -0.2) is 4.98 Å². The van der Waals surface area contributed by atoms with Crippen molar-refractivity contribution in [1.29, 1.82) is 0 Å². The standard InChI is InChI=1S/C27H26N4O4/c1-2-18-7-12-25-22(15-18)29-26(35-25)16-19-5-9-21(10-6-19)28-27(32)20-8-11-23(24(17-20)31(33)34)30-13-3-4-14-30/h5-12,15,17H,2-4,13-14,16H2,1H3,(H,28,32). The molecule has 0 spiro atoms. The minimum absolute atomic E-state index is 0.0423. The summed E-state index contributed by atoms with van der Waals surface area (Å²) in [5.74, 6) is 0.245. The van der Waals surface area contributed by atoms with E-state index in [9.17, 15) is 14.9 Å². The molecule has 5 rings (SSSR count). The highest BCUT2D eigenvalue weighted by Gasteiger charge is 2.24. The van der Waals surface area contributed by atoms with Crippen LogP contribution in [0.15, 0.2) is 65.1 Å². The first-order chi connectivity index (χ1) is 17.0. The van der Waals surface area contributed by atoms with Crippen molar-refractivity contribution < 1.29 is 14.1 Å². The summed E-state index contributed by atoms with van der Waals surface area (Å²) in [5.41, 5.74) is 5.22. The Bertz CT molecular complexity index is 1390.